The Bertz CT molecular complexity index is 582. The average molecular weight is 403 g/mol. The Morgan fingerprint density at radius 3 is 2.52 bits per heavy atom. The van der Waals surface area contributed by atoms with Gasteiger partial charge < -0.3 is 4.74 Å². The summed E-state index contributed by atoms with van der Waals surface area (Å²) in [5.74, 6) is 0.0112. The second-order valence-electron chi connectivity index (χ2n) is 6.68. The largest absolute Gasteiger partial charge is 0.444 e. The fourth-order valence-corrected chi connectivity index (χ4v) is 3.14. The number of hydrogen-bond acceptors (Lipinski definition) is 3. The number of carbonyl (C=O) groups excluding carboxylic acids is 2. The fourth-order valence-electron chi connectivity index (χ4n) is 2.51. The van der Waals surface area contributed by atoms with Crippen LogP contribution in [0.5, 0.6) is 0 Å². The molecule has 23 heavy (non-hydrogen) atoms. The summed E-state index contributed by atoms with van der Waals surface area (Å²) in [5, 5.41) is 0.645. The van der Waals surface area contributed by atoms with E-state index in [1.807, 2.05) is 32.9 Å². The molecule has 4 nitrogen and oxygen atoms in total. The van der Waals surface area contributed by atoms with Crippen molar-refractivity contribution in [3.8, 4) is 0 Å². The van der Waals surface area contributed by atoms with Gasteiger partial charge in [-0.1, -0.05) is 39.7 Å². The van der Waals surface area contributed by atoms with E-state index in [9.17, 15) is 9.59 Å². The highest BCUT2D eigenvalue weighted by Gasteiger charge is 2.39. The SMILES string of the molecule is CC(C)(C)OC(=O)N1CCC(Br)C(=O)C1Cc1ccc(Cl)cc1. The molecule has 126 valence electrons. The lowest BCUT2D eigenvalue weighted by molar-refractivity contribution is -0.126. The van der Waals surface area contributed by atoms with Crippen molar-refractivity contribution in [2.24, 2.45) is 0 Å². The summed E-state index contributed by atoms with van der Waals surface area (Å²) in [6, 6.07) is 6.80. The van der Waals surface area contributed by atoms with Crippen LogP contribution < -0.4 is 0 Å². The molecule has 0 saturated carbocycles. The standard InChI is InChI=1S/C17H21BrClNO3/c1-17(2,3)23-16(22)20-9-8-13(18)15(21)14(20)10-11-4-6-12(19)7-5-11/h4-7,13-14H,8-10H2,1-3H3. The van der Waals surface area contributed by atoms with E-state index >= 15 is 0 Å². The number of ketones is 1. The van der Waals surface area contributed by atoms with Crippen molar-refractivity contribution in [1.29, 1.82) is 0 Å². The van der Waals surface area contributed by atoms with Crippen LogP contribution >= 0.6 is 27.5 Å². The average Bonchev–Trinajstić information content (AvgIpc) is 2.44. The molecule has 1 heterocycles. The van der Waals surface area contributed by atoms with Gasteiger partial charge in [0.15, 0.2) is 5.78 Å². The molecular formula is C17H21BrClNO3. The van der Waals surface area contributed by atoms with E-state index in [2.05, 4.69) is 15.9 Å². The van der Waals surface area contributed by atoms with Crippen LogP contribution in [0.15, 0.2) is 24.3 Å². The zero-order valence-corrected chi connectivity index (χ0v) is 15.9. The Hall–Kier alpha value is -1.07. The summed E-state index contributed by atoms with van der Waals surface area (Å²) in [6.45, 7) is 5.95. The maximum absolute atomic E-state index is 12.6. The summed E-state index contributed by atoms with van der Waals surface area (Å²) >= 11 is 9.31. The smallest absolute Gasteiger partial charge is 0.410 e. The Labute approximate surface area is 150 Å². The van der Waals surface area contributed by atoms with Gasteiger partial charge in [0.25, 0.3) is 0 Å². The normalized spacial score (nSPS) is 22.1. The molecular weight excluding hydrogens is 382 g/mol. The van der Waals surface area contributed by atoms with Crippen molar-refractivity contribution in [2.45, 2.75) is 50.1 Å². The maximum atomic E-state index is 12.6. The van der Waals surface area contributed by atoms with E-state index in [1.54, 1.807) is 17.0 Å². The lowest BCUT2D eigenvalue weighted by atomic mass is 9.94. The lowest BCUT2D eigenvalue weighted by Crippen LogP contribution is -2.54. The van der Waals surface area contributed by atoms with Crippen molar-refractivity contribution >= 4 is 39.4 Å². The third-order valence-electron chi connectivity index (χ3n) is 3.61. The highest BCUT2D eigenvalue weighted by atomic mass is 79.9. The van der Waals surface area contributed by atoms with E-state index in [1.165, 1.54) is 0 Å². The number of piperidine rings is 1. The minimum absolute atomic E-state index is 0.0112. The summed E-state index contributed by atoms with van der Waals surface area (Å²) in [5.41, 5.74) is 0.374. The molecule has 0 aromatic heterocycles. The number of amides is 1. The van der Waals surface area contributed by atoms with Crippen molar-refractivity contribution in [1.82, 2.24) is 4.90 Å². The maximum Gasteiger partial charge on any atom is 0.410 e. The number of ether oxygens (including phenoxy) is 1. The van der Waals surface area contributed by atoms with E-state index in [0.29, 0.717) is 24.4 Å². The number of halogens is 2. The fraction of sp³-hybridized carbons (Fsp3) is 0.529. The highest BCUT2D eigenvalue weighted by Crippen LogP contribution is 2.25. The molecule has 0 bridgehead atoms. The van der Waals surface area contributed by atoms with Crippen LogP contribution in [0, 0.1) is 0 Å². The quantitative estimate of drug-likeness (QED) is 0.696. The zero-order chi connectivity index (χ0) is 17.2. The van der Waals surface area contributed by atoms with E-state index in [-0.39, 0.29) is 10.6 Å². The first kappa shape index (κ1) is 18.3. The Balaban J connectivity index is 2.19. The third kappa shape index (κ3) is 4.95. The Morgan fingerprint density at radius 2 is 1.96 bits per heavy atom. The Morgan fingerprint density at radius 1 is 1.35 bits per heavy atom. The van der Waals surface area contributed by atoms with Gasteiger partial charge in [-0.2, -0.15) is 0 Å². The van der Waals surface area contributed by atoms with Gasteiger partial charge in [-0.15, -0.1) is 0 Å². The molecule has 0 aliphatic carbocycles. The number of Topliss-reactive ketones (excluding diaryl/α,β-unsaturated/α-hetero) is 1. The second-order valence-corrected chi connectivity index (χ2v) is 8.22. The first-order chi connectivity index (χ1) is 10.7. The lowest BCUT2D eigenvalue weighted by Gasteiger charge is -2.37. The molecule has 2 unspecified atom stereocenters. The molecule has 6 heteroatoms. The molecule has 1 aliphatic rings. The molecule has 1 fully saturated rings. The predicted octanol–water partition coefficient (Wildman–Crippen LogP) is 4.22. The number of benzene rings is 1. The van der Waals surface area contributed by atoms with Crippen molar-refractivity contribution < 1.29 is 14.3 Å². The first-order valence-electron chi connectivity index (χ1n) is 7.59. The minimum atomic E-state index is -0.587. The van der Waals surface area contributed by atoms with Gasteiger partial charge in [0.05, 0.1) is 10.9 Å². The number of hydrogen-bond donors (Lipinski definition) is 0. The van der Waals surface area contributed by atoms with Crippen molar-refractivity contribution in [3.63, 3.8) is 0 Å². The van der Waals surface area contributed by atoms with E-state index in [4.69, 9.17) is 16.3 Å². The van der Waals surface area contributed by atoms with Crippen LogP contribution in [0.1, 0.15) is 32.8 Å². The van der Waals surface area contributed by atoms with Crippen molar-refractivity contribution in [2.75, 3.05) is 6.54 Å². The van der Waals surface area contributed by atoms with Gasteiger partial charge in [-0.25, -0.2) is 4.79 Å². The number of nitrogens with zero attached hydrogens (tertiary/aromatic N) is 1. The number of alkyl halides is 1. The summed E-state index contributed by atoms with van der Waals surface area (Å²) in [7, 11) is 0. The minimum Gasteiger partial charge on any atom is -0.444 e. The van der Waals surface area contributed by atoms with E-state index in [0.717, 1.165) is 5.56 Å². The van der Waals surface area contributed by atoms with Crippen LogP contribution in [-0.4, -0.2) is 39.8 Å². The first-order valence-corrected chi connectivity index (χ1v) is 8.88. The molecule has 0 N–H and O–H groups in total. The number of carbonyl (C=O) groups is 2. The molecule has 1 aliphatic heterocycles. The third-order valence-corrected chi connectivity index (χ3v) is 4.77. The number of rotatable bonds is 2. The predicted molar refractivity (Wildman–Crippen MR) is 94.2 cm³/mol. The van der Waals surface area contributed by atoms with Crippen LogP contribution in [0.4, 0.5) is 4.79 Å². The summed E-state index contributed by atoms with van der Waals surface area (Å²) < 4.78 is 5.45. The molecule has 1 aromatic rings. The molecule has 1 aromatic carbocycles. The van der Waals surface area contributed by atoms with Gasteiger partial charge >= 0.3 is 6.09 Å². The van der Waals surface area contributed by atoms with Crippen LogP contribution in [0.25, 0.3) is 0 Å². The molecule has 1 saturated heterocycles. The molecule has 2 rings (SSSR count). The number of likely N-dealkylation sites (tertiary alicyclic amines) is 1. The van der Waals surface area contributed by atoms with Gasteiger partial charge in [-0.3, -0.25) is 9.69 Å². The topological polar surface area (TPSA) is 46.6 Å². The molecule has 0 radical (unpaired) electrons. The molecule has 0 spiro atoms. The van der Waals surface area contributed by atoms with Gasteiger partial charge in [0, 0.05) is 18.0 Å². The molecule has 1 amide bonds. The zero-order valence-electron chi connectivity index (χ0n) is 13.5. The van der Waals surface area contributed by atoms with Gasteiger partial charge in [-0.05, 0) is 44.9 Å². The van der Waals surface area contributed by atoms with E-state index < -0.39 is 17.7 Å². The van der Waals surface area contributed by atoms with Gasteiger partial charge in [0.2, 0.25) is 0 Å². The monoisotopic (exact) mass is 401 g/mol. The summed E-state index contributed by atoms with van der Waals surface area (Å²) in [4.78, 5) is 26.3. The van der Waals surface area contributed by atoms with Crippen LogP contribution in [-0.2, 0) is 16.0 Å². The summed E-state index contributed by atoms with van der Waals surface area (Å²) in [6.07, 6.45) is 0.608. The second kappa shape index (κ2) is 7.22. The van der Waals surface area contributed by atoms with Crippen LogP contribution in [0.2, 0.25) is 5.02 Å². The van der Waals surface area contributed by atoms with Crippen molar-refractivity contribution in [3.05, 3.63) is 34.9 Å². The highest BCUT2D eigenvalue weighted by molar-refractivity contribution is 9.10. The van der Waals surface area contributed by atoms with Crippen LogP contribution in [0.3, 0.4) is 0 Å². The van der Waals surface area contributed by atoms with Gasteiger partial charge in [0.1, 0.15) is 5.60 Å². The Kier molecular flexibility index (Phi) is 5.74. The molecule has 2 atom stereocenters.